The highest BCUT2D eigenvalue weighted by Crippen LogP contribution is 2.32. The van der Waals surface area contributed by atoms with E-state index in [2.05, 4.69) is 4.98 Å². The van der Waals surface area contributed by atoms with Gasteiger partial charge in [0.1, 0.15) is 5.69 Å². The Morgan fingerprint density at radius 3 is 2.03 bits per heavy atom. The third kappa shape index (κ3) is 7.30. The molecule has 1 aromatic heterocycles. The van der Waals surface area contributed by atoms with Crippen LogP contribution in [0, 0.1) is 5.92 Å². The zero-order valence-corrected chi connectivity index (χ0v) is 17.2. The van der Waals surface area contributed by atoms with Crippen molar-refractivity contribution in [2.24, 2.45) is 5.92 Å². The molecule has 4 N–H and O–H groups in total. The number of nitrogens with zero attached hydrogens (tertiary/aromatic N) is 3. The van der Waals surface area contributed by atoms with Crippen molar-refractivity contribution in [3.8, 4) is 0 Å². The van der Waals surface area contributed by atoms with Gasteiger partial charge >= 0.3 is 23.9 Å². The number of carboxylic acid groups (broad SMARTS) is 4. The minimum Gasteiger partial charge on any atom is -0.480 e. The number of hydrogen-bond acceptors (Lipinski definition) is 7. The highest BCUT2D eigenvalue weighted by molar-refractivity contribution is 5.85. The molecule has 11 nitrogen and oxygen atoms in total. The Hall–Kier alpha value is -3.05. The van der Waals surface area contributed by atoms with Gasteiger partial charge in [-0.25, -0.2) is 9.78 Å². The first-order chi connectivity index (χ1) is 14.6. The summed E-state index contributed by atoms with van der Waals surface area (Å²) in [6, 6.07) is 3.53. The van der Waals surface area contributed by atoms with E-state index in [1.807, 2.05) is 6.92 Å². The third-order valence-corrected chi connectivity index (χ3v) is 5.39. The second-order valence-electron chi connectivity index (χ2n) is 7.86. The summed E-state index contributed by atoms with van der Waals surface area (Å²) in [6.07, 6.45) is 1.84. The van der Waals surface area contributed by atoms with E-state index in [-0.39, 0.29) is 24.7 Å². The number of aromatic nitrogens is 1. The Bertz CT molecular complexity index is 814. The van der Waals surface area contributed by atoms with E-state index in [0.717, 1.165) is 6.42 Å². The summed E-state index contributed by atoms with van der Waals surface area (Å²) in [4.78, 5) is 52.5. The molecule has 170 valence electrons. The van der Waals surface area contributed by atoms with E-state index in [9.17, 15) is 34.5 Å². The van der Waals surface area contributed by atoms with E-state index in [4.69, 9.17) is 5.11 Å². The molecule has 31 heavy (non-hydrogen) atoms. The normalized spacial score (nSPS) is 21.2. The zero-order chi connectivity index (χ0) is 23.1. The van der Waals surface area contributed by atoms with Crippen LogP contribution in [0.3, 0.4) is 0 Å². The first-order valence-corrected chi connectivity index (χ1v) is 9.89. The van der Waals surface area contributed by atoms with E-state index >= 15 is 0 Å². The van der Waals surface area contributed by atoms with Crippen molar-refractivity contribution in [3.05, 3.63) is 29.6 Å². The first kappa shape index (κ1) is 24.2. The summed E-state index contributed by atoms with van der Waals surface area (Å²) in [5.74, 6) is -4.43. The highest BCUT2D eigenvalue weighted by atomic mass is 16.4. The van der Waals surface area contributed by atoms with Crippen LogP contribution in [-0.2, 0) is 20.9 Å². The monoisotopic (exact) mass is 437 g/mol. The van der Waals surface area contributed by atoms with Gasteiger partial charge in [-0.3, -0.25) is 24.2 Å². The van der Waals surface area contributed by atoms with E-state index in [0.29, 0.717) is 18.5 Å². The van der Waals surface area contributed by atoms with Gasteiger partial charge in [0.25, 0.3) is 0 Å². The van der Waals surface area contributed by atoms with Gasteiger partial charge in [-0.2, -0.15) is 0 Å². The Balaban J connectivity index is 2.37. The molecule has 0 aromatic carbocycles. The molecular weight excluding hydrogens is 410 g/mol. The standard InChI is InChI=1S/C20H27N3O8/c1-12-5-6-15(16(7-12)23(10-18(26)27)11-19(28)29)22(9-17(24)25)8-13-3-2-4-14(21-13)20(30)31/h2-4,12,15-16H,5-11H2,1H3,(H,24,25)(H,26,27)(H,28,29)(H,30,31)/t12?,15-,16-/m0/s1. The fourth-order valence-corrected chi connectivity index (χ4v) is 4.15. The molecule has 1 saturated carbocycles. The lowest BCUT2D eigenvalue weighted by Crippen LogP contribution is -2.57. The highest BCUT2D eigenvalue weighted by Gasteiger charge is 2.38. The topological polar surface area (TPSA) is 169 Å². The fraction of sp³-hybridized carbons (Fsp3) is 0.550. The number of pyridine rings is 1. The average Bonchev–Trinajstić information content (AvgIpc) is 2.66. The lowest BCUT2D eigenvalue weighted by atomic mass is 9.81. The second kappa shape index (κ2) is 10.8. The van der Waals surface area contributed by atoms with Gasteiger partial charge in [0, 0.05) is 18.6 Å². The molecule has 0 saturated heterocycles. The molecule has 1 aliphatic carbocycles. The Labute approximate surface area is 178 Å². The lowest BCUT2D eigenvalue weighted by Gasteiger charge is -2.45. The minimum atomic E-state index is -1.20. The number of rotatable bonds is 11. The number of aliphatic carboxylic acids is 3. The van der Waals surface area contributed by atoms with Crippen molar-refractivity contribution in [1.29, 1.82) is 0 Å². The van der Waals surface area contributed by atoms with E-state index in [1.54, 1.807) is 11.0 Å². The fourth-order valence-electron chi connectivity index (χ4n) is 4.15. The van der Waals surface area contributed by atoms with E-state index < -0.39 is 49.1 Å². The first-order valence-electron chi connectivity index (χ1n) is 9.89. The smallest absolute Gasteiger partial charge is 0.354 e. The van der Waals surface area contributed by atoms with Crippen LogP contribution in [0.5, 0.6) is 0 Å². The molecule has 0 radical (unpaired) electrons. The molecule has 0 bridgehead atoms. The SMILES string of the molecule is CC1CC[C@H](N(CC(=O)O)Cc2cccc(C(=O)O)n2)[C@@H](N(CC(=O)O)CC(=O)O)C1. The Morgan fingerprint density at radius 2 is 1.48 bits per heavy atom. The molecule has 2 rings (SSSR count). The van der Waals surface area contributed by atoms with Crippen LogP contribution in [0.15, 0.2) is 18.2 Å². The molecule has 0 aliphatic heterocycles. The largest absolute Gasteiger partial charge is 0.480 e. The summed E-state index contributed by atoms with van der Waals surface area (Å²) in [5, 5.41) is 37.2. The summed E-state index contributed by atoms with van der Waals surface area (Å²) in [6.45, 7) is 0.698. The van der Waals surface area contributed by atoms with Gasteiger partial charge in [-0.15, -0.1) is 0 Å². The van der Waals surface area contributed by atoms with Crippen molar-refractivity contribution in [3.63, 3.8) is 0 Å². The summed E-state index contributed by atoms with van der Waals surface area (Å²) >= 11 is 0. The molecule has 11 heteroatoms. The van der Waals surface area contributed by atoms with Crippen LogP contribution in [0.25, 0.3) is 0 Å². The molecule has 1 unspecified atom stereocenters. The van der Waals surface area contributed by atoms with Gasteiger partial charge in [0.15, 0.2) is 0 Å². The summed E-state index contributed by atoms with van der Waals surface area (Å²) in [5.41, 5.74) is 0.196. The molecule has 1 heterocycles. The van der Waals surface area contributed by atoms with Gasteiger partial charge < -0.3 is 20.4 Å². The van der Waals surface area contributed by atoms with Crippen LogP contribution in [0.1, 0.15) is 42.4 Å². The van der Waals surface area contributed by atoms with Crippen LogP contribution < -0.4 is 0 Å². The Morgan fingerprint density at radius 1 is 0.903 bits per heavy atom. The number of carbonyl (C=O) groups is 4. The van der Waals surface area contributed by atoms with Gasteiger partial charge in [0.2, 0.25) is 0 Å². The maximum Gasteiger partial charge on any atom is 0.354 e. The van der Waals surface area contributed by atoms with Crippen molar-refractivity contribution in [2.75, 3.05) is 19.6 Å². The number of carboxylic acids is 4. The van der Waals surface area contributed by atoms with Crippen LogP contribution >= 0.6 is 0 Å². The molecular formula is C20H27N3O8. The molecule has 3 atom stereocenters. The Kier molecular flexibility index (Phi) is 8.46. The number of hydrogen-bond donors (Lipinski definition) is 4. The van der Waals surface area contributed by atoms with E-state index in [1.165, 1.54) is 17.0 Å². The molecule has 1 aliphatic rings. The van der Waals surface area contributed by atoms with Crippen LogP contribution in [-0.4, -0.2) is 90.8 Å². The van der Waals surface area contributed by atoms with Crippen LogP contribution in [0.4, 0.5) is 0 Å². The number of aromatic carboxylic acids is 1. The third-order valence-electron chi connectivity index (χ3n) is 5.39. The average molecular weight is 437 g/mol. The lowest BCUT2D eigenvalue weighted by molar-refractivity contribution is -0.146. The molecule has 0 amide bonds. The summed E-state index contributed by atoms with van der Waals surface area (Å²) < 4.78 is 0. The van der Waals surface area contributed by atoms with Gasteiger partial charge in [-0.05, 0) is 37.3 Å². The van der Waals surface area contributed by atoms with Crippen LogP contribution in [0.2, 0.25) is 0 Å². The summed E-state index contributed by atoms with van der Waals surface area (Å²) in [7, 11) is 0. The molecule has 0 spiro atoms. The van der Waals surface area contributed by atoms with Crippen molar-refractivity contribution in [1.82, 2.24) is 14.8 Å². The van der Waals surface area contributed by atoms with Gasteiger partial charge in [0.05, 0.1) is 25.3 Å². The molecule has 1 aromatic rings. The predicted octanol–water partition coefficient (Wildman–Crippen LogP) is 0.695. The minimum absolute atomic E-state index is 0.0386. The van der Waals surface area contributed by atoms with Crippen molar-refractivity contribution < 1.29 is 39.6 Å². The second-order valence-corrected chi connectivity index (χ2v) is 7.86. The van der Waals surface area contributed by atoms with Gasteiger partial charge in [-0.1, -0.05) is 13.0 Å². The predicted molar refractivity (Wildman–Crippen MR) is 107 cm³/mol. The van der Waals surface area contributed by atoms with Crippen molar-refractivity contribution in [2.45, 2.75) is 44.8 Å². The maximum absolute atomic E-state index is 11.6. The van der Waals surface area contributed by atoms with Crippen molar-refractivity contribution >= 4 is 23.9 Å². The quantitative estimate of drug-likeness (QED) is 0.384. The zero-order valence-electron chi connectivity index (χ0n) is 17.2. The molecule has 1 fully saturated rings. The maximum atomic E-state index is 11.6.